The monoisotopic (exact) mass is 476 g/mol. The average molecular weight is 477 g/mol. The number of halogens is 2. The Bertz CT molecular complexity index is 1240. The van der Waals surface area contributed by atoms with Gasteiger partial charge in [-0.2, -0.15) is 0 Å². The van der Waals surface area contributed by atoms with E-state index in [2.05, 4.69) is 27.4 Å². The number of benzene rings is 2. The summed E-state index contributed by atoms with van der Waals surface area (Å²) in [6.07, 6.45) is 5.08. The number of amides is 1. The maximum absolute atomic E-state index is 13.2. The molecule has 0 saturated heterocycles. The van der Waals surface area contributed by atoms with Gasteiger partial charge in [-0.05, 0) is 55.7 Å². The molecule has 2 heterocycles. The lowest BCUT2D eigenvalue weighted by Gasteiger charge is -2.14. The van der Waals surface area contributed by atoms with Gasteiger partial charge in [-0.25, -0.2) is 9.97 Å². The third kappa shape index (κ3) is 5.75. The number of nitrogens with one attached hydrogen (secondary N) is 1. The quantitative estimate of drug-likeness (QED) is 0.323. The van der Waals surface area contributed by atoms with Gasteiger partial charge in [-0.1, -0.05) is 53.5 Å². The molecular weight excluding hydrogens is 455 g/mol. The van der Waals surface area contributed by atoms with Gasteiger partial charge in [-0.15, -0.1) is 0 Å². The Morgan fingerprint density at radius 2 is 1.70 bits per heavy atom. The second kappa shape index (κ2) is 10.6. The number of hydrogen-bond donors (Lipinski definition) is 1. The highest BCUT2D eigenvalue weighted by Gasteiger charge is 2.21. The minimum atomic E-state index is -0.232. The molecule has 0 fully saturated rings. The summed E-state index contributed by atoms with van der Waals surface area (Å²) >= 11 is 12.5. The molecular formula is C26H22Cl2N4O. The van der Waals surface area contributed by atoms with Crippen LogP contribution in [0, 0.1) is 6.92 Å². The SMILES string of the molecule is Cc1nc(-c2cccnc2)nc(-c2cc(Cl)cc(Cl)c2)c1C(=O)NCCCc1ccccc1. The van der Waals surface area contributed by atoms with Crippen molar-refractivity contribution in [2.75, 3.05) is 6.54 Å². The first-order valence-electron chi connectivity index (χ1n) is 10.6. The number of hydrogen-bond acceptors (Lipinski definition) is 4. The number of aryl methyl sites for hydroxylation is 2. The van der Waals surface area contributed by atoms with Crippen LogP contribution in [0.2, 0.25) is 10.0 Å². The molecule has 0 aliphatic carbocycles. The van der Waals surface area contributed by atoms with Crippen LogP contribution in [0.15, 0.2) is 73.1 Å². The van der Waals surface area contributed by atoms with Crippen molar-refractivity contribution < 1.29 is 4.79 Å². The van der Waals surface area contributed by atoms with Gasteiger partial charge in [-0.3, -0.25) is 9.78 Å². The maximum Gasteiger partial charge on any atom is 0.255 e. The van der Waals surface area contributed by atoms with Crippen molar-refractivity contribution >= 4 is 29.1 Å². The van der Waals surface area contributed by atoms with Crippen LogP contribution in [-0.2, 0) is 6.42 Å². The highest BCUT2D eigenvalue weighted by Crippen LogP contribution is 2.31. The smallest absolute Gasteiger partial charge is 0.255 e. The van der Waals surface area contributed by atoms with Crippen LogP contribution in [0.4, 0.5) is 0 Å². The van der Waals surface area contributed by atoms with Gasteiger partial charge in [0.05, 0.1) is 17.0 Å². The summed E-state index contributed by atoms with van der Waals surface area (Å²) in [5.74, 6) is 0.247. The topological polar surface area (TPSA) is 67.8 Å². The molecule has 0 radical (unpaired) electrons. The fraction of sp³-hybridized carbons (Fsp3) is 0.154. The minimum Gasteiger partial charge on any atom is -0.352 e. The van der Waals surface area contributed by atoms with Crippen molar-refractivity contribution in [3.8, 4) is 22.6 Å². The van der Waals surface area contributed by atoms with E-state index < -0.39 is 0 Å². The molecule has 4 rings (SSSR count). The van der Waals surface area contributed by atoms with Crippen molar-refractivity contribution in [3.63, 3.8) is 0 Å². The minimum absolute atomic E-state index is 0.232. The molecule has 7 heteroatoms. The molecule has 1 amide bonds. The Morgan fingerprint density at radius 1 is 0.939 bits per heavy atom. The summed E-state index contributed by atoms with van der Waals surface area (Å²) < 4.78 is 0. The van der Waals surface area contributed by atoms with E-state index in [9.17, 15) is 4.79 Å². The highest BCUT2D eigenvalue weighted by atomic mass is 35.5. The van der Waals surface area contributed by atoms with Crippen LogP contribution < -0.4 is 5.32 Å². The van der Waals surface area contributed by atoms with Gasteiger partial charge in [0.1, 0.15) is 0 Å². The Morgan fingerprint density at radius 3 is 2.39 bits per heavy atom. The fourth-order valence-electron chi connectivity index (χ4n) is 3.60. The molecule has 0 aliphatic heterocycles. The standard InChI is InChI=1S/C26H22Cl2N4O/c1-17-23(26(33)30-12-5-9-18-7-3-2-4-8-18)24(20-13-21(27)15-22(28)14-20)32-25(31-17)19-10-6-11-29-16-19/h2-4,6-8,10-11,13-16H,5,9,12H2,1H3,(H,30,33). The molecule has 0 aliphatic rings. The lowest BCUT2D eigenvalue weighted by atomic mass is 10.0. The normalized spacial score (nSPS) is 10.8. The first-order chi connectivity index (χ1) is 16.0. The van der Waals surface area contributed by atoms with Crippen LogP contribution in [-0.4, -0.2) is 27.4 Å². The van der Waals surface area contributed by atoms with Crippen molar-refractivity contribution in [1.29, 1.82) is 0 Å². The maximum atomic E-state index is 13.2. The van der Waals surface area contributed by atoms with Gasteiger partial charge in [0.2, 0.25) is 0 Å². The molecule has 33 heavy (non-hydrogen) atoms. The van der Waals surface area contributed by atoms with E-state index in [1.54, 1.807) is 37.5 Å². The zero-order valence-corrected chi connectivity index (χ0v) is 19.6. The molecule has 0 saturated carbocycles. The summed E-state index contributed by atoms with van der Waals surface area (Å²) in [7, 11) is 0. The number of carbonyl (C=O) groups excluding carboxylic acids is 1. The van der Waals surface area contributed by atoms with E-state index >= 15 is 0 Å². The summed E-state index contributed by atoms with van der Waals surface area (Å²) in [5, 5.41) is 3.94. The highest BCUT2D eigenvalue weighted by molar-refractivity contribution is 6.35. The van der Waals surface area contributed by atoms with Gasteiger partial charge >= 0.3 is 0 Å². The van der Waals surface area contributed by atoms with Gasteiger partial charge in [0, 0.05) is 40.1 Å². The lowest BCUT2D eigenvalue weighted by molar-refractivity contribution is 0.0952. The molecule has 0 spiro atoms. The molecule has 2 aromatic heterocycles. The first kappa shape index (κ1) is 22.9. The van der Waals surface area contributed by atoms with Crippen molar-refractivity contribution in [3.05, 3.63) is 99.9 Å². The van der Waals surface area contributed by atoms with Crippen LogP contribution in [0.5, 0.6) is 0 Å². The van der Waals surface area contributed by atoms with E-state index in [-0.39, 0.29) is 5.91 Å². The third-order valence-electron chi connectivity index (χ3n) is 5.14. The van der Waals surface area contributed by atoms with E-state index in [1.807, 2.05) is 30.3 Å². The van der Waals surface area contributed by atoms with Crippen molar-refractivity contribution in [1.82, 2.24) is 20.3 Å². The lowest BCUT2D eigenvalue weighted by Crippen LogP contribution is -2.27. The Balaban J connectivity index is 1.65. The summed E-state index contributed by atoms with van der Waals surface area (Å²) in [5.41, 5.74) is 4.09. The van der Waals surface area contributed by atoms with Gasteiger partial charge in [0.25, 0.3) is 5.91 Å². The summed E-state index contributed by atoms with van der Waals surface area (Å²) in [6, 6.07) is 19.0. The molecule has 0 bridgehead atoms. The first-order valence-corrected chi connectivity index (χ1v) is 11.3. The zero-order chi connectivity index (χ0) is 23.2. The summed E-state index contributed by atoms with van der Waals surface area (Å²) in [6.45, 7) is 2.34. The fourth-order valence-corrected chi connectivity index (χ4v) is 4.12. The molecule has 2 aromatic carbocycles. The summed E-state index contributed by atoms with van der Waals surface area (Å²) in [4.78, 5) is 26.7. The van der Waals surface area contributed by atoms with Crippen LogP contribution >= 0.6 is 23.2 Å². The van der Waals surface area contributed by atoms with E-state index in [4.69, 9.17) is 28.2 Å². The van der Waals surface area contributed by atoms with E-state index in [1.165, 1.54) is 5.56 Å². The number of rotatable bonds is 7. The van der Waals surface area contributed by atoms with Crippen molar-refractivity contribution in [2.24, 2.45) is 0 Å². The second-order valence-corrected chi connectivity index (χ2v) is 8.47. The largest absolute Gasteiger partial charge is 0.352 e. The van der Waals surface area contributed by atoms with Gasteiger partial charge < -0.3 is 5.32 Å². The Kier molecular flexibility index (Phi) is 7.33. The number of pyridine rings is 1. The molecule has 5 nitrogen and oxygen atoms in total. The van der Waals surface area contributed by atoms with E-state index in [0.29, 0.717) is 44.9 Å². The van der Waals surface area contributed by atoms with Crippen molar-refractivity contribution in [2.45, 2.75) is 19.8 Å². The third-order valence-corrected chi connectivity index (χ3v) is 5.58. The number of aromatic nitrogens is 3. The molecule has 166 valence electrons. The van der Waals surface area contributed by atoms with Crippen LogP contribution in [0.3, 0.4) is 0 Å². The average Bonchev–Trinajstić information content (AvgIpc) is 2.82. The van der Waals surface area contributed by atoms with Gasteiger partial charge in [0.15, 0.2) is 5.82 Å². The van der Waals surface area contributed by atoms with Crippen LogP contribution in [0.1, 0.15) is 28.0 Å². The predicted molar refractivity (Wildman–Crippen MR) is 133 cm³/mol. The Labute approximate surface area is 202 Å². The Hall–Kier alpha value is -3.28. The molecule has 4 aromatic rings. The molecule has 0 unspecified atom stereocenters. The van der Waals surface area contributed by atoms with Crippen LogP contribution in [0.25, 0.3) is 22.6 Å². The molecule has 1 N–H and O–H groups in total. The van der Waals surface area contributed by atoms with E-state index in [0.717, 1.165) is 18.4 Å². The molecule has 0 atom stereocenters. The number of carbonyl (C=O) groups is 1. The predicted octanol–water partition coefficient (Wildman–Crippen LogP) is 6.18. The number of nitrogens with zero attached hydrogens (tertiary/aromatic N) is 3. The second-order valence-electron chi connectivity index (χ2n) is 7.60. The zero-order valence-electron chi connectivity index (χ0n) is 18.1.